The Balaban J connectivity index is 1.92. The number of rotatable bonds is 7. The predicted octanol–water partition coefficient (Wildman–Crippen LogP) is 3.06. The maximum absolute atomic E-state index is 12.3. The summed E-state index contributed by atoms with van der Waals surface area (Å²) >= 11 is 0. The van der Waals surface area contributed by atoms with Gasteiger partial charge in [-0.2, -0.15) is 0 Å². The van der Waals surface area contributed by atoms with E-state index in [1.165, 1.54) is 22.5 Å². The summed E-state index contributed by atoms with van der Waals surface area (Å²) in [5.41, 5.74) is 4.35. The minimum absolute atomic E-state index is 0.147. The van der Waals surface area contributed by atoms with Crippen molar-refractivity contribution < 1.29 is 13.2 Å². The Kier molecular flexibility index (Phi) is 6.42. The van der Waals surface area contributed by atoms with E-state index in [1.807, 2.05) is 6.07 Å². The predicted molar refractivity (Wildman–Crippen MR) is 106 cm³/mol. The van der Waals surface area contributed by atoms with Gasteiger partial charge in [0.05, 0.1) is 11.9 Å². The van der Waals surface area contributed by atoms with Crippen LogP contribution in [0.1, 0.15) is 33.5 Å². The first-order valence-electron chi connectivity index (χ1n) is 8.57. The van der Waals surface area contributed by atoms with E-state index in [0.29, 0.717) is 17.8 Å². The quantitative estimate of drug-likeness (QED) is 0.758. The second-order valence-electron chi connectivity index (χ2n) is 6.58. The van der Waals surface area contributed by atoms with E-state index in [-0.39, 0.29) is 5.91 Å². The molecule has 0 aliphatic rings. The number of hydrogen-bond acceptors (Lipinski definition) is 3. The first kappa shape index (κ1) is 20.0. The number of aryl methyl sites for hydroxylation is 3. The van der Waals surface area contributed by atoms with E-state index in [9.17, 15) is 13.2 Å². The number of carbonyl (C=O) groups is 1. The maximum Gasteiger partial charge on any atom is 0.251 e. The van der Waals surface area contributed by atoms with Crippen LogP contribution >= 0.6 is 0 Å². The van der Waals surface area contributed by atoms with Gasteiger partial charge >= 0.3 is 0 Å². The zero-order chi connectivity index (χ0) is 19.3. The molecular formula is C20H26N2O3S. The normalized spacial score (nSPS) is 11.2. The van der Waals surface area contributed by atoms with Gasteiger partial charge in [0, 0.05) is 19.2 Å². The molecule has 0 aromatic heterocycles. The second kappa shape index (κ2) is 8.36. The largest absolute Gasteiger partial charge is 0.352 e. The topological polar surface area (TPSA) is 66.5 Å². The molecule has 1 amide bonds. The van der Waals surface area contributed by atoms with E-state index in [0.717, 1.165) is 24.7 Å². The molecule has 0 aliphatic carbocycles. The van der Waals surface area contributed by atoms with Crippen molar-refractivity contribution in [3.05, 3.63) is 64.7 Å². The molecule has 0 spiro atoms. The molecule has 140 valence electrons. The van der Waals surface area contributed by atoms with Gasteiger partial charge in [-0.1, -0.05) is 29.8 Å². The van der Waals surface area contributed by atoms with Gasteiger partial charge < -0.3 is 5.32 Å². The summed E-state index contributed by atoms with van der Waals surface area (Å²) in [6.07, 6.45) is 2.93. The number of carbonyl (C=O) groups excluding carboxylic acids is 1. The smallest absolute Gasteiger partial charge is 0.251 e. The minimum Gasteiger partial charge on any atom is -0.352 e. The lowest BCUT2D eigenvalue weighted by molar-refractivity contribution is 0.0953. The van der Waals surface area contributed by atoms with Crippen molar-refractivity contribution in [2.24, 2.45) is 0 Å². The summed E-state index contributed by atoms with van der Waals surface area (Å²) in [4.78, 5) is 12.3. The highest BCUT2D eigenvalue weighted by Gasteiger charge is 2.15. The first-order chi connectivity index (χ1) is 12.2. The van der Waals surface area contributed by atoms with Crippen molar-refractivity contribution in [1.82, 2.24) is 5.32 Å². The fourth-order valence-electron chi connectivity index (χ4n) is 2.79. The molecule has 2 rings (SSSR count). The number of sulfonamides is 1. The zero-order valence-corrected chi connectivity index (χ0v) is 16.6. The number of amides is 1. The number of anilines is 1. The highest BCUT2D eigenvalue weighted by molar-refractivity contribution is 7.92. The fraction of sp³-hybridized carbons (Fsp3) is 0.350. The lowest BCUT2D eigenvalue weighted by atomic mass is 10.1. The Morgan fingerprint density at radius 1 is 1.12 bits per heavy atom. The van der Waals surface area contributed by atoms with Crippen LogP contribution in [0.5, 0.6) is 0 Å². The minimum atomic E-state index is -3.33. The third-order valence-electron chi connectivity index (χ3n) is 4.31. The summed E-state index contributed by atoms with van der Waals surface area (Å²) in [5, 5.41) is 2.92. The van der Waals surface area contributed by atoms with E-state index >= 15 is 0 Å². The molecule has 0 fully saturated rings. The van der Waals surface area contributed by atoms with E-state index in [1.54, 1.807) is 25.1 Å². The zero-order valence-electron chi connectivity index (χ0n) is 15.7. The highest BCUT2D eigenvalue weighted by Crippen LogP contribution is 2.22. The summed E-state index contributed by atoms with van der Waals surface area (Å²) in [5.74, 6) is -0.147. The van der Waals surface area contributed by atoms with Gasteiger partial charge in [-0.05, 0) is 56.0 Å². The lowest BCUT2D eigenvalue weighted by Gasteiger charge is -2.19. The molecule has 0 heterocycles. The van der Waals surface area contributed by atoms with Crippen LogP contribution in [0, 0.1) is 13.8 Å². The number of benzene rings is 2. The molecule has 0 unspecified atom stereocenters. The molecule has 6 heteroatoms. The van der Waals surface area contributed by atoms with Gasteiger partial charge in [-0.15, -0.1) is 0 Å². The summed E-state index contributed by atoms with van der Waals surface area (Å²) in [7, 11) is -1.82. The number of hydrogen-bond donors (Lipinski definition) is 1. The van der Waals surface area contributed by atoms with Gasteiger partial charge in [0.1, 0.15) is 0 Å². The molecule has 26 heavy (non-hydrogen) atoms. The molecule has 0 bridgehead atoms. The molecule has 0 aliphatic heterocycles. The highest BCUT2D eigenvalue weighted by atomic mass is 32.2. The van der Waals surface area contributed by atoms with Crippen LogP contribution in [-0.4, -0.2) is 34.2 Å². The molecule has 5 nitrogen and oxygen atoms in total. The van der Waals surface area contributed by atoms with Crippen molar-refractivity contribution >= 4 is 21.6 Å². The SMILES string of the molecule is Cc1cccc(CCCNC(=O)c2ccc(N(C)S(C)(=O)=O)c(C)c2)c1. The van der Waals surface area contributed by atoms with Crippen LogP contribution in [-0.2, 0) is 16.4 Å². The van der Waals surface area contributed by atoms with Crippen molar-refractivity contribution in [3.63, 3.8) is 0 Å². The molecule has 2 aromatic carbocycles. The molecular weight excluding hydrogens is 348 g/mol. The second-order valence-corrected chi connectivity index (χ2v) is 8.59. The first-order valence-corrected chi connectivity index (χ1v) is 10.4. The van der Waals surface area contributed by atoms with Crippen molar-refractivity contribution in [2.45, 2.75) is 26.7 Å². The molecule has 1 N–H and O–H groups in total. The fourth-order valence-corrected chi connectivity index (χ4v) is 3.35. The number of nitrogens with zero attached hydrogens (tertiary/aromatic N) is 1. The van der Waals surface area contributed by atoms with Crippen molar-refractivity contribution in [3.8, 4) is 0 Å². The summed E-state index contributed by atoms with van der Waals surface area (Å²) < 4.78 is 24.5. The maximum atomic E-state index is 12.3. The summed E-state index contributed by atoms with van der Waals surface area (Å²) in [6.45, 7) is 4.46. The molecule has 0 saturated carbocycles. The standard InChI is InChI=1S/C20H26N2O3S/c1-15-7-5-8-17(13-15)9-6-12-21-20(23)18-10-11-19(16(2)14-18)22(3)26(4,24)25/h5,7-8,10-11,13-14H,6,9,12H2,1-4H3,(H,21,23). The lowest BCUT2D eigenvalue weighted by Crippen LogP contribution is -2.27. The molecule has 0 saturated heterocycles. The Labute approximate surface area is 156 Å². The average molecular weight is 375 g/mol. The Hall–Kier alpha value is -2.34. The van der Waals surface area contributed by atoms with Gasteiger partial charge in [0.2, 0.25) is 10.0 Å². The van der Waals surface area contributed by atoms with Crippen LogP contribution < -0.4 is 9.62 Å². The van der Waals surface area contributed by atoms with E-state index in [2.05, 4.69) is 30.4 Å². The third kappa shape index (κ3) is 5.33. The van der Waals surface area contributed by atoms with E-state index in [4.69, 9.17) is 0 Å². The average Bonchev–Trinajstić information content (AvgIpc) is 2.57. The van der Waals surface area contributed by atoms with Crippen LogP contribution in [0.2, 0.25) is 0 Å². The van der Waals surface area contributed by atoms with Crippen LogP contribution in [0.4, 0.5) is 5.69 Å². The van der Waals surface area contributed by atoms with Gasteiger partial charge in [-0.25, -0.2) is 8.42 Å². The van der Waals surface area contributed by atoms with E-state index < -0.39 is 10.0 Å². The van der Waals surface area contributed by atoms with Crippen molar-refractivity contribution in [2.75, 3.05) is 24.2 Å². The van der Waals surface area contributed by atoms with Crippen molar-refractivity contribution in [1.29, 1.82) is 0 Å². The molecule has 0 atom stereocenters. The van der Waals surface area contributed by atoms with Crippen LogP contribution in [0.15, 0.2) is 42.5 Å². The third-order valence-corrected chi connectivity index (χ3v) is 5.50. The van der Waals surface area contributed by atoms with Gasteiger partial charge in [0.15, 0.2) is 0 Å². The molecule has 0 radical (unpaired) electrons. The monoisotopic (exact) mass is 374 g/mol. The van der Waals surface area contributed by atoms with Crippen LogP contribution in [0.25, 0.3) is 0 Å². The Morgan fingerprint density at radius 2 is 1.85 bits per heavy atom. The summed E-state index contributed by atoms with van der Waals surface area (Å²) in [6, 6.07) is 13.4. The Bertz CT molecular complexity index is 892. The number of nitrogens with one attached hydrogen (secondary N) is 1. The molecule has 2 aromatic rings. The van der Waals surface area contributed by atoms with Crippen LogP contribution in [0.3, 0.4) is 0 Å². The Morgan fingerprint density at radius 3 is 2.46 bits per heavy atom. The van der Waals surface area contributed by atoms with Gasteiger partial charge in [0.25, 0.3) is 5.91 Å². The van der Waals surface area contributed by atoms with Gasteiger partial charge in [-0.3, -0.25) is 9.10 Å².